The van der Waals surface area contributed by atoms with Gasteiger partial charge in [0, 0.05) is 5.56 Å². The molecule has 1 N–H and O–H groups in total. The lowest BCUT2D eigenvalue weighted by atomic mass is 10.1. The molecule has 0 saturated heterocycles. The van der Waals surface area contributed by atoms with Gasteiger partial charge in [0.2, 0.25) is 5.91 Å². The molecule has 1 heterocycles. The summed E-state index contributed by atoms with van der Waals surface area (Å²) in [6.45, 7) is 0. The Morgan fingerprint density at radius 3 is 2.25 bits per heavy atom. The van der Waals surface area contributed by atoms with Gasteiger partial charge in [0.1, 0.15) is 5.69 Å². The number of nitrogens with one attached hydrogen (secondary N) is 1. The van der Waals surface area contributed by atoms with Crippen molar-refractivity contribution < 1.29 is 31.1 Å². The van der Waals surface area contributed by atoms with E-state index in [2.05, 4.69) is 15.3 Å². The second-order valence-electron chi connectivity index (χ2n) is 6.31. The monoisotopic (exact) mass is 491 g/mol. The molecule has 168 valence electrons. The Labute approximate surface area is 187 Å². The molecule has 0 bridgehead atoms. The predicted octanol–water partition coefficient (Wildman–Crippen LogP) is 6.57. The van der Waals surface area contributed by atoms with Crippen molar-refractivity contribution >= 4 is 35.0 Å². The number of rotatable bonds is 5. The van der Waals surface area contributed by atoms with E-state index < -0.39 is 35.3 Å². The largest absolute Gasteiger partial charge is 0.433 e. The molecule has 0 fully saturated rings. The molecule has 0 aliphatic carbocycles. The van der Waals surface area contributed by atoms with Crippen LogP contribution in [0.25, 0.3) is 11.3 Å². The number of benzene rings is 2. The van der Waals surface area contributed by atoms with Crippen LogP contribution in [-0.2, 0) is 17.1 Å². The molecule has 1 aromatic heterocycles. The van der Waals surface area contributed by atoms with E-state index in [1.54, 1.807) is 30.3 Å². The summed E-state index contributed by atoms with van der Waals surface area (Å²) in [5.41, 5.74) is -2.05. The Morgan fingerprint density at radius 2 is 1.62 bits per heavy atom. The van der Waals surface area contributed by atoms with Crippen LogP contribution < -0.4 is 5.32 Å². The van der Waals surface area contributed by atoms with Crippen molar-refractivity contribution in [1.29, 1.82) is 0 Å². The van der Waals surface area contributed by atoms with Crippen LogP contribution >= 0.6 is 23.4 Å². The second kappa shape index (κ2) is 9.37. The summed E-state index contributed by atoms with van der Waals surface area (Å²) < 4.78 is 78.3. The SMILES string of the molecule is O=C(CSc1nc(-c2ccccc2)cc(C(F)(F)F)n1)Nc1cc(C(F)(F)F)ccc1Cl. The molecule has 0 aliphatic heterocycles. The number of hydrogen-bond donors (Lipinski definition) is 1. The van der Waals surface area contributed by atoms with Crippen molar-refractivity contribution in [3.8, 4) is 11.3 Å². The zero-order chi connectivity index (χ0) is 23.5. The second-order valence-corrected chi connectivity index (χ2v) is 7.66. The Morgan fingerprint density at radius 1 is 0.938 bits per heavy atom. The van der Waals surface area contributed by atoms with Crippen molar-refractivity contribution in [2.45, 2.75) is 17.5 Å². The fourth-order valence-corrected chi connectivity index (χ4v) is 3.33. The Kier molecular flexibility index (Phi) is 6.99. The Balaban J connectivity index is 1.79. The highest BCUT2D eigenvalue weighted by atomic mass is 35.5. The minimum Gasteiger partial charge on any atom is -0.324 e. The number of thioether (sulfide) groups is 1. The summed E-state index contributed by atoms with van der Waals surface area (Å²) in [4.78, 5) is 19.7. The van der Waals surface area contributed by atoms with Gasteiger partial charge in [-0.2, -0.15) is 26.3 Å². The average Bonchev–Trinajstić information content (AvgIpc) is 2.73. The zero-order valence-electron chi connectivity index (χ0n) is 15.8. The topological polar surface area (TPSA) is 54.9 Å². The number of alkyl halides is 6. The van der Waals surface area contributed by atoms with Crippen LogP contribution in [-0.4, -0.2) is 21.6 Å². The summed E-state index contributed by atoms with van der Waals surface area (Å²) in [6, 6.07) is 11.3. The minimum absolute atomic E-state index is 0.0109. The third kappa shape index (κ3) is 6.13. The molecular weight excluding hydrogens is 480 g/mol. The van der Waals surface area contributed by atoms with Crippen LogP contribution in [0.2, 0.25) is 5.02 Å². The minimum atomic E-state index is -4.74. The molecule has 0 atom stereocenters. The number of carbonyl (C=O) groups is 1. The van der Waals surface area contributed by atoms with E-state index in [0.29, 0.717) is 23.4 Å². The molecule has 2 aromatic carbocycles. The molecule has 0 radical (unpaired) electrons. The normalized spacial score (nSPS) is 12.0. The molecule has 32 heavy (non-hydrogen) atoms. The standard InChI is InChI=1S/C20H12ClF6N3OS/c21-13-7-6-12(19(22,23)24)8-15(13)28-17(31)10-32-18-29-14(11-4-2-1-3-5-11)9-16(30-18)20(25,26)27/h1-9H,10H2,(H,28,31). The van der Waals surface area contributed by atoms with Crippen molar-refractivity contribution in [3.05, 3.63) is 70.9 Å². The summed E-state index contributed by atoms with van der Waals surface area (Å²) in [7, 11) is 0. The van der Waals surface area contributed by atoms with Crippen LogP contribution in [0.1, 0.15) is 11.3 Å². The number of anilines is 1. The molecule has 0 spiro atoms. The first-order chi connectivity index (χ1) is 14.9. The van der Waals surface area contributed by atoms with Crippen LogP contribution in [0.3, 0.4) is 0 Å². The predicted molar refractivity (Wildman–Crippen MR) is 108 cm³/mol. The van der Waals surface area contributed by atoms with Gasteiger partial charge in [-0.05, 0) is 24.3 Å². The first kappa shape index (κ1) is 23.9. The molecule has 0 saturated carbocycles. The van der Waals surface area contributed by atoms with Gasteiger partial charge in [0.05, 0.1) is 27.7 Å². The maximum absolute atomic E-state index is 13.2. The fourth-order valence-electron chi connectivity index (χ4n) is 2.51. The summed E-state index contributed by atoms with van der Waals surface area (Å²) >= 11 is 6.43. The van der Waals surface area contributed by atoms with Crippen LogP contribution in [0.4, 0.5) is 32.0 Å². The third-order valence-corrected chi connectivity index (χ3v) is 5.14. The van der Waals surface area contributed by atoms with E-state index >= 15 is 0 Å². The number of nitrogens with zero attached hydrogens (tertiary/aromatic N) is 2. The Bertz CT molecular complexity index is 1120. The van der Waals surface area contributed by atoms with E-state index in [4.69, 9.17) is 11.6 Å². The average molecular weight is 492 g/mol. The smallest absolute Gasteiger partial charge is 0.324 e. The highest BCUT2D eigenvalue weighted by Crippen LogP contribution is 2.34. The quantitative estimate of drug-likeness (QED) is 0.249. The van der Waals surface area contributed by atoms with Gasteiger partial charge in [0.15, 0.2) is 5.16 Å². The molecule has 3 rings (SSSR count). The number of carbonyl (C=O) groups excluding carboxylic acids is 1. The maximum atomic E-state index is 13.2. The first-order valence-corrected chi connectivity index (χ1v) is 10.1. The van der Waals surface area contributed by atoms with Crippen molar-refractivity contribution in [3.63, 3.8) is 0 Å². The van der Waals surface area contributed by atoms with E-state index in [0.717, 1.165) is 18.2 Å². The molecule has 12 heteroatoms. The fraction of sp³-hybridized carbons (Fsp3) is 0.150. The maximum Gasteiger partial charge on any atom is 0.433 e. The lowest BCUT2D eigenvalue weighted by Crippen LogP contribution is -2.16. The van der Waals surface area contributed by atoms with Crippen molar-refractivity contribution in [1.82, 2.24) is 9.97 Å². The number of hydrogen-bond acceptors (Lipinski definition) is 4. The highest BCUT2D eigenvalue weighted by molar-refractivity contribution is 7.99. The van der Waals surface area contributed by atoms with Gasteiger partial charge in [-0.15, -0.1) is 0 Å². The first-order valence-electron chi connectivity index (χ1n) is 8.74. The van der Waals surface area contributed by atoms with Crippen molar-refractivity contribution in [2.24, 2.45) is 0 Å². The van der Waals surface area contributed by atoms with E-state index in [-0.39, 0.29) is 21.6 Å². The lowest BCUT2D eigenvalue weighted by molar-refractivity contribution is -0.141. The number of aromatic nitrogens is 2. The van der Waals surface area contributed by atoms with Gasteiger partial charge < -0.3 is 5.32 Å². The molecule has 0 unspecified atom stereocenters. The van der Waals surface area contributed by atoms with Crippen LogP contribution in [0.15, 0.2) is 59.8 Å². The molecule has 1 amide bonds. The highest BCUT2D eigenvalue weighted by Gasteiger charge is 2.34. The van der Waals surface area contributed by atoms with E-state index in [9.17, 15) is 31.1 Å². The van der Waals surface area contributed by atoms with E-state index in [1.807, 2.05) is 0 Å². The van der Waals surface area contributed by atoms with E-state index in [1.165, 1.54) is 0 Å². The van der Waals surface area contributed by atoms with Gasteiger partial charge in [-0.1, -0.05) is 53.7 Å². The van der Waals surface area contributed by atoms with Gasteiger partial charge >= 0.3 is 12.4 Å². The zero-order valence-corrected chi connectivity index (χ0v) is 17.3. The lowest BCUT2D eigenvalue weighted by Gasteiger charge is -2.12. The summed E-state index contributed by atoms with van der Waals surface area (Å²) in [6.07, 6.45) is -9.38. The molecule has 0 aliphatic rings. The number of amides is 1. The summed E-state index contributed by atoms with van der Waals surface area (Å²) in [5, 5.41) is 1.77. The molecule has 4 nitrogen and oxygen atoms in total. The molecule has 3 aromatic rings. The van der Waals surface area contributed by atoms with Crippen LogP contribution in [0.5, 0.6) is 0 Å². The van der Waals surface area contributed by atoms with Gasteiger partial charge in [0.25, 0.3) is 0 Å². The van der Waals surface area contributed by atoms with Gasteiger partial charge in [-0.3, -0.25) is 4.79 Å². The van der Waals surface area contributed by atoms with Crippen molar-refractivity contribution in [2.75, 3.05) is 11.1 Å². The number of halogens is 7. The van der Waals surface area contributed by atoms with Crippen LogP contribution in [0, 0.1) is 0 Å². The van der Waals surface area contributed by atoms with Gasteiger partial charge in [-0.25, -0.2) is 9.97 Å². The third-order valence-electron chi connectivity index (χ3n) is 3.97. The molecular formula is C20H12ClF6N3OS. The summed E-state index contributed by atoms with van der Waals surface area (Å²) in [5.74, 6) is -1.25. The Hall–Kier alpha value is -2.79.